The largest absolute Gasteiger partial charge is 0.484 e. The van der Waals surface area contributed by atoms with Crippen LogP contribution in [-0.2, 0) is 0 Å². The second-order valence-electron chi connectivity index (χ2n) is 5.74. The van der Waals surface area contributed by atoms with Crippen molar-refractivity contribution in [2.75, 3.05) is 0 Å². The molecule has 2 amide bonds. The summed E-state index contributed by atoms with van der Waals surface area (Å²) in [5.74, 6) is -11.6. The minimum atomic E-state index is -2.23. The van der Waals surface area contributed by atoms with Gasteiger partial charge in [0.05, 0.1) is 0 Å². The van der Waals surface area contributed by atoms with E-state index < -0.39 is 47.0 Å². The average Bonchev–Trinajstić information content (AvgIpc) is 2.79. The molecule has 3 atom stereocenters. The van der Waals surface area contributed by atoms with Crippen LogP contribution in [0, 0.1) is 29.1 Å². The van der Waals surface area contributed by atoms with Crippen molar-refractivity contribution < 1.29 is 31.5 Å². The molecule has 0 spiro atoms. The number of nitrogens with zero attached hydrogens (tertiary/aromatic N) is 1. The van der Waals surface area contributed by atoms with Gasteiger partial charge in [0.1, 0.15) is 6.10 Å². The highest BCUT2D eigenvalue weighted by atomic mass is 19.2. The quantitative estimate of drug-likeness (QED) is 0.513. The molecule has 2 bridgehead atoms. The molecule has 2 fully saturated rings. The Hall–Kier alpha value is -2.06. The SMILES string of the molecule is NC(=O)N1[C@@H]2CC[C@H]1C[C@H](Oc1c(F)c(F)c(F)c(F)c1F)C2. The van der Waals surface area contributed by atoms with E-state index in [0.717, 1.165) is 0 Å². The second-order valence-corrected chi connectivity index (χ2v) is 5.74. The van der Waals surface area contributed by atoms with Crippen molar-refractivity contribution >= 4 is 6.03 Å². The summed E-state index contributed by atoms with van der Waals surface area (Å²) in [6.45, 7) is 0. The van der Waals surface area contributed by atoms with Gasteiger partial charge in [-0.2, -0.15) is 8.78 Å². The molecule has 1 aromatic carbocycles. The number of hydrogen-bond acceptors (Lipinski definition) is 2. The zero-order valence-electron chi connectivity index (χ0n) is 11.8. The van der Waals surface area contributed by atoms with E-state index >= 15 is 0 Å². The van der Waals surface area contributed by atoms with Crippen LogP contribution in [0.3, 0.4) is 0 Å². The summed E-state index contributed by atoms with van der Waals surface area (Å²) in [5.41, 5.74) is 5.28. The number of rotatable bonds is 2. The van der Waals surface area contributed by atoms with Gasteiger partial charge in [-0.3, -0.25) is 0 Å². The van der Waals surface area contributed by atoms with Crippen LogP contribution in [0.15, 0.2) is 0 Å². The number of benzene rings is 1. The molecule has 0 radical (unpaired) electrons. The second kappa shape index (κ2) is 5.54. The fraction of sp³-hybridized carbons (Fsp3) is 0.500. The first kappa shape index (κ1) is 15.8. The number of primary amides is 1. The van der Waals surface area contributed by atoms with Gasteiger partial charge in [0, 0.05) is 24.9 Å². The standard InChI is InChI=1S/C14H13F5N2O2/c15-8-9(16)11(18)13(12(19)10(8)17)23-7-3-5-1-2-6(4-7)21(5)14(20)22/h5-7H,1-4H2,(H2,20,22)/t5-,6+,7-. The minimum absolute atomic E-state index is 0.221. The lowest BCUT2D eigenvalue weighted by Crippen LogP contribution is -2.51. The average molecular weight is 336 g/mol. The van der Waals surface area contributed by atoms with E-state index in [9.17, 15) is 26.7 Å². The third-order valence-electron chi connectivity index (χ3n) is 4.40. The topological polar surface area (TPSA) is 55.6 Å². The number of fused-ring (bicyclic) bond motifs is 2. The number of piperidine rings is 1. The van der Waals surface area contributed by atoms with Crippen LogP contribution in [0.25, 0.3) is 0 Å². The Kier molecular flexibility index (Phi) is 3.81. The number of nitrogens with two attached hydrogens (primary N) is 1. The summed E-state index contributed by atoms with van der Waals surface area (Å²) in [6, 6.07) is -1.10. The summed E-state index contributed by atoms with van der Waals surface area (Å²) < 4.78 is 71.7. The van der Waals surface area contributed by atoms with Gasteiger partial charge >= 0.3 is 6.03 Å². The van der Waals surface area contributed by atoms with Crippen LogP contribution in [0.4, 0.5) is 26.7 Å². The van der Waals surface area contributed by atoms with Crippen LogP contribution in [-0.4, -0.2) is 29.1 Å². The molecule has 0 unspecified atom stereocenters. The molecule has 0 aromatic heterocycles. The van der Waals surface area contributed by atoms with Crippen molar-refractivity contribution in [1.82, 2.24) is 4.90 Å². The van der Waals surface area contributed by atoms with Crippen molar-refractivity contribution in [1.29, 1.82) is 0 Å². The van der Waals surface area contributed by atoms with E-state index in [1.54, 1.807) is 0 Å². The molecule has 0 saturated carbocycles. The van der Waals surface area contributed by atoms with Gasteiger partial charge in [0.15, 0.2) is 5.75 Å². The van der Waals surface area contributed by atoms with E-state index in [1.165, 1.54) is 4.90 Å². The van der Waals surface area contributed by atoms with E-state index in [2.05, 4.69) is 0 Å². The number of carbonyl (C=O) groups excluding carboxylic acids is 1. The third-order valence-corrected chi connectivity index (χ3v) is 4.40. The van der Waals surface area contributed by atoms with Crippen molar-refractivity contribution in [2.45, 2.75) is 43.9 Å². The Morgan fingerprint density at radius 3 is 1.78 bits per heavy atom. The normalized spacial score (nSPS) is 26.5. The third kappa shape index (κ3) is 2.47. The molecule has 23 heavy (non-hydrogen) atoms. The van der Waals surface area contributed by atoms with Crippen molar-refractivity contribution in [3.05, 3.63) is 29.1 Å². The Labute approximate surface area is 128 Å². The molecule has 3 rings (SSSR count). The van der Waals surface area contributed by atoms with Crippen LogP contribution >= 0.6 is 0 Å². The molecular formula is C14H13F5N2O2. The Morgan fingerprint density at radius 2 is 1.35 bits per heavy atom. The van der Waals surface area contributed by atoms with Crippen LogP contribution < -0.4 is 10.5 Å². The molecular weight excluding hydrogens is 323 g/mol. The monoisotopic (exact) mass is 336 g/mol. The Bertz CT molecular complexity index is 626. The van der Waals surface area contributed by atoms with Gasteiger partial charge in [0.25, 0.3) is 0 Å². The summed E-state index contributed by atoms with van der Waals surface area (Å²) in [6.07, 6.45) is 1.00. The predicted octanol–water partition coefficient (Wildman–Crippen LogP) is 2.84. The van der Waals surface area contributed by atoms with Gasteiger partial charge in [-0.05, 0) is 12.8 Å². The molecule has 2 heterocycles. The maximum atomic E-state index is 13.6. The predicted molar refractivity (Wildman–Crippen MR) is 68.1 cm³/mol. The maximum absolute atomic E-state index is 13.6. The molecule has 4 nitrogen and oxygen atoms in total. The maximum Gasteiger partial charge on any atom is 0.315 e. The van der Waals surface area contributed by atoms with E-state index in [4.69, 9.17) is 10.5 Å². The number of amides is 2. The number of halogens is 5. The van der Waals surface area contributed by atoms with Crippen molar-refractivity contribution in [2.24, 2.45) is 5.73 Å². The smallest absolute Gasteiger partial charge is 0.315 e. The van der Waals surface area contributed by atoms with Crippen LogP contribution in [0.1, 0.15) is 25.7 Å². The summed E-state index contributed by atoms with van der Waals surface area (Å²) in [4.78, 5) is 12.8. The van der Waals surface area contributed by atoms with Gasteiger partial charge in [-0.25, -0.2) is 18.0 Å². The first-order valence-electron chi connectivity index (χ1n) is 7.07. The van der Waals surface area contributed by atoms with Crippen molar-refractivity contribution in [3.63, 3.8) is 0 Å². The first-order valence-corrected chi connectivity index (χ1v) is 7.07. The van der Waals surface area contributed by atoms with E-state index in [0.29, 0.717) is 12.8 Å². The number of ether oxygens (including phenoxy) is 1. The minimum Gasteiger partial charge on any atom is -0.484 e. The number of urea groups is 1. The van der Waals surface area contributed by atoms with Gasteiger partial charge in [-0.1, -0.05) is 0 Å². The lowest BCUT2D eigenvalue weighted by Gasteiger charge is -2.37. The van der Waals surface area contributed by atoms with Gasteiger partial charge in [0.2, 0.25) is 29.1 Å². The van der Waals surface area contributed by atoms with Crippen LogP contribution in [0.5, 0.6) is 5.75 Å². The molecule has 0 aliphatic carbocycles. The molecule has 1 aromatic rings. The Morgan fingerprint density at radius 1 is 0.913 bits per heavy atom. The summed E-state index contributed by atoms with van der Waals surface area (Å²) in [7, 11) is 0. The van der Waals surface area contributed by atoms with E-state index in [-0.39, 0.29) is 24.9 Å². The molecule has 2 aliphatic rings. The van der Waals surface area contributed by atoms with Crippen molar-refractivity contribution in [3.8, 4) is 5.75 Å². The van der Waals surface area contributed by atoms with Gasteiger partial charge < -0.3 is 15.4 Å². The Balaban J connectivity index is 1.84. The number of carbonyl (C=O) groups is 1. The zero-order valence-corrected chi connectivity index (χ0v) is 11.8. The fourth-order valence-corrected chi connectivity index (χ4v) is 3.44. The highest BCUT2D eigenvalue weighted by Gasteiger charge is 2.44. The molecule has 9 heteroatoms. The molecule has 2 aliphatic heterocycles. The molecule has 2 saturated heterocycles. The number of hydrogen-bond donors (Lipinski definition) is 1. The lowest BCUT2D eigenvalue weighted by atomic mass is 10.00. The zero-order chi connectivity index (χ0) is 16.9. The van der Waals surface area contributed by atoms with Gasteiger partial charge in [-0.15, -0.1) is 0 Å². The van der Waals surface area contributed by atoms with E-state index in [1.807, 2.05) is 0 Å². The highest BCUT2D eigenvalue weighted by molar-refractivity contribution is 5.73. The summed E-state index contributed by atoms with van der Waals surface area (Å²) in [5, 5.41) is 0. The lowest BCUT2D eigenvalue weighted by molar-refractivity contribution is 0.0650. The first-order chi connectivity index (χ1) is 10.8. The van der Waals surface area contributed by atoms with Crippen LogP contribution in [0.2, 0.25) is 0 Å². The highest BCUT2D eigenvalue weighted by Crippen LogP contribution is 2.38. The summed E-state index contributed by atoms with van der Waals surface area (Å²) >= 11 is 0. The fourth-order valence-electron chi connectivity index (χ4n) is 3.44. The molecule has 126 valence electrons. The molecule has 2 N–H and O–H groups in total.